The molecule has 1 saturated carbocycles. The van der Waals surface area contributed by atoms with E-state index in [0.29, 0.717) is 12.0 Å². The van der Waals surface area contributed by atoms with Crippen LogP contribution in [0.4, 0.5) is 13.2 Å². The summed E-state index contributed by atoms with van der Waals surface area (Å²) in [5.74, 6) is -1.63. The van der Waals surface area contributed by atoms with E-state index in [1.807, 2.05) is 4.72 Å². The zero-order chi connectivity index (χ0) is 16.7. The maximum atomic E-state index is 12.7. The summed E-state index contributed by atoms with van der Waals surface area (Å²) in [5, 5.41) is -0.748. The standard InChI is InChI=1S/C14H16F3NO3S/c1-8(2)22(20,21)18-13(19)12-7-11(12)9-4-3-5-10(6-9)14(15,16)17/h3-6,8,11-12H,7H2,1-2H3,(H,18,19)/t11-,12+/m0/s1. The average molecular weight is 335 g/mol. The predicted octanol–water partition coefficient (Wildman–Crippen LogP) is 2.66. The number of alkyl halides is 3. The average Bonchev–Trinajstić information content (AvgIpc) is 3.17. The van der Waals surface area contributed by atoms with Gasteiger partial charge < -0.3 is 0 Å². The Morgan fingerprint density at radius 3 is 2.50 bits per heavy atom. The Morgan fingerprint density at radius 2 is 1.95 bits per heavy atom. The lowest BCUT2D eigenvalue weighted by Crippen LogP contribution is -2.36. The zero-order valence-electron chi connectivity index (χ0n) is 12.0. The minimum Gasteiger partial charge on any atom is -0.274 e. The highest BCUT2D eigenvalue weighted by molar-refractivity contribution is 7.90. The smallest absolute Gasteiger partial charge is 0.274 e. The molecule has 1 aliphatic rings. The molecule has 0 radical (unpaired) electrons. The van der Waals surface area contributed by atoms with Gasteiger partial charge in [0.25, 0.3) is 0 Å². The number of rotatable bonds is 4. The molecule has 2 rings (SSSR count). The summed E-state index contributed by atoms with van der Waals surface area (Å²) >= 11 is 0. The van der Waals surface area contributed by atoms with E-state index in [9.17, 15) is 26.4 Å². The van der Waals surface area contributed by atoms with E-state index >= 15 is 0 Å². The van der Waals surface area contributed by atoms with Gasteiger partial charge in [-0.3, -0.25) is 9.52 Å². The molecule has 1 aromatic carbocycles. The summed E-state index contributed by atoms with van der Waals surface area (Å²) in [7, 11) is -3.72. The van der Waals surface area contributed by atoms with Gasteiger partial charge in [0, 0.05) is 5.92 Å². The molecule has 0 aliphatic heterocycles. The van der Waals surface area contributed by atoms with Crippen molar-refractivity contribution in [1.29, 1.82) is 0 Å². The molecule has 1 aliphatic carbocycles. The van der Waals surface area contributed by atoms with Crippen molar-refractivity contribution < 1.29 is 26.4 Å². The van der Waals surface area contributed by atoms with Gasteiger partial charge in [-0.15, -0.1) is 0 Å². The van der Waals surface area contributed by atoms with Gasteiger partial charge in [0.05, 0.1) is 10.8 Å². The Hall–Kier alpha value is -1.57. The Morgan fingerprint density at radius 1 is 1.32 bits per heavy atom. The maximum absolute atomic E-state index is 12.7. The van der Waals surface area contributed by atoms with Crippen LogP contribution in [0.5, 0.6) is 0 Å². The summed E-state index contributed by atoms with van der Waals surface area (Å²) < 4.78 is 63.2. The molecule has 1 fully saturated rings. The molecule has 0 spiro atoms. The number of benzene rings is 1. The molecule has 8 heteroatoms. The van der Waals surface area contributed by atoms with Gasteiger partial charge in [-0.25, -0.2) is 8.42 Å². The molecule has 0 bridgehead atoms. The fourth-order valence-electron chi connectivity index (χ4n) is 2.13. The van der Waals surface area contributed by atoms with Gasteiger partial charge in [-0.2, -0.15) is 13.2 Å². The summed E-state index contributed by atoms with van der Waals surface area (Å²) in [5.41, 5.74) is -0.372. The van der Waals surface area contributed by atoms with Crippen molar-refractivity contribution in [2.75, 3.05) is 0 Å². The molecule has 1 N–H and O–H groups in total. The van der Waals surface area contributed by atoms with Crippen LogP contribution in [-0.4, -0.2) is 19.6 Å². The van der Waals surface area contributed by atoms with Gasteiger partial charge in [0.1, 0.15) is 0 Å². The van der Waals surface area contributed by atoms with Crippen LogP contribution in [0.1, 0.15) is 37.3 Å². The lowest BCUT2D eigenvalue weighted by Gasteiger charge is -2.10. The second-order valence-electron chi connectivity index (χ2n) is 5.63. The van der Waals surface area contributed by atoms with E-state index in [1.165, 1.54) is 26.0 Å². The second-order valence-corrected chi connectivity index (χ2v) is 7.87. The van der Waals surface area contributed by atoms with E-state index in [1.54, 1.807) is 0 Å². The fraction of sp³-hybridized carbons (Fsp3) is 0.500. The summed E-state index contributed by atoms with van der Waals surface area (Å²) in [6, 6.07) is 4.78. The van der Waals surface area contributed by atoms with Crippen molar-refractivity contribution in [3.63, 3.8) is 0 Å². The van der Waals surface area contributed by atoms with Crippen LogP contribution in [0.3, 0.4) is 0 Å². The maximum Gasteiger partial charge on any atom is 0.416 e. The van der Waals surface area contributed by atoms with Crippen LogP contribution in [0, 0.1) is 5.92 Å². The van der Waals surface area contributed by atoms with Gasteiger partial charge in [0.15, 0.2) is 0 Å². The van der Waals surface area contributed by atoms with Gasteiger partial charge >= 0.3 is 6.18 Å². The molecule has 0 saturated heterocycles. The first-order valence-corrected chi connectivity index (χ1v) is 8.29. The number of hydrogen-bond donors (Lipinski definition) is 1. The summed E-state index contributed by atoms with van der Waals surface area (Å²) in [6.45, 7) is 2.87. The quantitative estimate of drug-likeness (QED) is 0.920. The molecule has 4 nitrogen and oxygen atoms in total. The lowest BCUT2D eigenvalue weighted by molar-refractivity contribution is -0.137. The van der Waals surface area contributed by atoms with Crippen molar-refractivity contribution >= 4 is 15.9 Å². The Labute approximate surface area is 126 Å². The first-order chi connectivity index (χ1) is 10.0. The first-order valence-electron chi connectivity index (χ1n) is 6.75. The van der Waals surface area contributed by atoms with Crippen molar-refractivity contribution in [1.82, 2.24) is 4.72 Å². The van der Waals surface area contributed by atoms with Crippen LogP contribution in [0.2, 0.25) is 0 Å². The van der Waals surface area contributed by atoms with Crippen LogP contribution >= 0.6 is 0 Å². The predicted molar refractivity (Wildman–Crippen MR) is 74.5 cm³/mol. The van der Waals surface area contributed by atoms with E-state index < -0.39 is 38.8 Å². The normalized spacial score (nSPS) is 21.7. The Bertz CT molecular complexity index is 683. The van der Waals surface area contributed by atoms with E-state index in [-0.39, 0.29) is 5.92 Å². The minimum atomic E-state index is -4.44. The number of nitrogens with one attached hydrogen (secondary N) is 1. The molecular weight excluding hydrogens is 319 g/mol. The Kier molecular flexibility index (Phi) is 4.25. The minimum absolute atomic E-state index is 0.348. The van der Waals surface area contributed by atoms with Gasteiger partial charge in [-0.05, 0) is 37.8 Å². The molecule has 1 amide bonds. The third kappa shape index (κ3) is 3.60. The fourth-order valence-corrected chi connectivity index (χ4v) is 2.80. The molecule has 0 aromatic heterocycles. The summed E-state index contributed by atoms with van der Waals surface area (Å²) in [4.78, 5) is 11.9. The third-order valence-electron chi connectivity index (χ3n) is 3.63. The first kappa shape index (κ1) is 16.8. The molecule has 0 unspecified atom stereocenters. The van der Waals surface area contributed by atoms with Crippen LogP contribution < -0.4 is 4.72 Å². The van der Waals surface area contributed by atoms with Gasteiger partial charge in [-0.1, -0.05) is 18.2 Å². The third-order valence-corrected chi connectivity index (χ3v) is 5.36. The number of carbonyl (C=O) groups excluding carboxylic acids is 1. The highest BCUT2D eigenvalue weighted by Crippen LogP contribution is 2.48. The SMILES string of the molecule is CC(C)S(=O)(=O)NC(=O)[C@@H]1C[C@H]1c1cccc(C(F)(F)F)c1. The monoisotopic (exact) mass is 335 g/mol. The molecular formula is C14H16F3NO3S. The lowest BCUT2D eigenvalue weighted by atomic mass is 10.1. The number of sulfonamides is 1. The summed E-state index contributed by atoms with van der Waals surface area (Å²) in [6.07, 6.45) is -4.09. The molecule has 0 heterocycles. The zero-order valence-corrected chi connectivity index (χ0v) is 12.8. The molecule has 22 heavy (non-hydrogen) atoms. The van der Waals surface area contributed by atoms with E-state index in [2.05, 4.69) is 0 Å². The second kappa shape index (κ2) is 5.57. The molecule has 1 aromatic rings. The highest BCUT2D eigenvalue weighted by atomic mass is 32.2. The number of amides is 1. The van der Waals surface area contributed by atoms with Crippen LogP contribution in [0.15, 0.2) is 24.3 Å². The van der Waals surface area contributed by atoms with Crippen molar-refractivity contribution in [3.05, 3.63) is 35.4 Å². The number of carbonyl (C=O) groups is 1. The molecule has 2 atom stereocenters. The Balaban J connectivity index is 2.08. The van der Waals surface area contributed by atoms with Crippen LogP contribution in [0.25, 0.3) is 0 Å². The number of halogens is 3. The molecule has 122 valence electrons. The van der Waals surface area contributed by atoms with Crippen molar-refractivity contribution in [3.8, 4) is 0 Å². The largest absolute Gasteiger partial charge is 0.416 e. The number of hydrogen-bond acceptors (Lipinski definition) is 3. The topological polar surface area (TPSA) is 63.2 Å². The van der Waals surface area contributed by atoms with E-state index in [0.717, 1.165) is 12.1 Å². The van der Waals surface area contributed by atoms with Crippen molar-refractivity contribution in [2.45, 2.75) is 37.6 Å². The highest BCUT2D eigenvalue weighted by Gasteiger charge is 2.45. The van der Waals surface area contributed by atoms with E-state index in [4.69, 9.17) is 0 Å². The van der Waals surface area contributed by atoms with Crippen molar-refractivity contribution in [2.24, 2.45) is 5.92 Å². The van der Waals surface area contributed by atoms with Crippen LogP contribution in [-0.2, 0) is 21.0 Å². The van der Waals surface area contributed by atoms with Gasteiger partial charge in [0.2, 0.25) is 15.9 Å².